The lowest BCUT2D eigenvalue weighted by Crippen LogP contribution is -2.26. The van der Waals surface area contributed by atoms with Crippen molar-refractivity contribution < 1.29 is 14.3 Å². The van der Waals surface area contributed by atoms with Crippen molar-refractivity contribution in [2.75, 3.05) is 7.11 Å². The Balaban J connectivity index is 1.87. The monoisotopic (exact) mass is 301 g/mol. The maximum Gasteiger partial charge on any atom is 0.337 e. The highest BCUT2D eigenvalue weighted by Crippen LogP contribution is 2.53. The van der Waals surface area contributed by atoms with Crippen LogP contribution in [0.5, 0.6) is 0 Å². The SMILES string of the molecule is COC(=O)c1ccc(CNC(=O)[C@H]2CC2(Cl)Cl)cc1. The number of esters is 1. The van der Waals surface area contributed by atoms with Crippen molar-refractivity contribution in [2.24, 2.45) is 5.92 Å². The molecule has 6 heteroatoms. The third-order valence-corrected chi connectivity index (χ3v) is 3.82. The highest BCUT2D eigenvalue weighted by Gasteiger charge is 2.56. The van der Waals surface area contributed by atoms with Crippen molar-refractivity contribution in [1.82, 2.24) is 5.32 Å². The van der Waals surface area contributed by atoms with Crippen LogP contribution in [0, 0.1) is 5.92 Å². The van der Waals surface area contributed by atoms with Crippen LogP contribution in [-0.4, -0.2) is 23.3 Å². The molecule has 19 heavy (non-hydrogen) atoms. The van der Waals surface area contributed by atoms with Gasteiger partial charge in [-0.1, -0.05) is 12.1 Å². The van der Waals surface area contributed by atoms with Gasteiger partial charge in [-0.3, -0.25) is 4.79 Å². The molecular weight excluding hydrogens is 289 g/mol. The molecule has 0 heterocycles. The molecule has 0 aliphatic heterocycles. The molecule has 1 atom stereocenters. The molecule has 2 rings (SSSR count). The minimum absolute atomic E-state index is 0.151. The van der Waals surface area contributed by atoms with Crippen LogP contribution >= 0.6 is 23.2 Å². The molecular formula is C13H13Cl2NO3. The number of hydrogen-bond donors (Lipinski definition) is 1. The molecule has 0 radical (unpaired) electrons. The lowest BCUT2D eigenvalue weighted by Gasteiger charge is -2.06. The normalized spacial score (nSPS) is 19.6. The second-order valence-corrected chi connectivity index (χ2v) is 5.97. The largest absolute Gasteiger partial charge is 0.465 e. The van der Waals surface area contributed by atoms with Crippen LogP contribution in [0.3, 0.4) is 0 Å². The van der Waals surface area contributed by atoms with E-state index in [9.17, 15) is 9.59 Å². The van der Waals surface area contributed by atoms with E-state index in [2.05, 4.69) is 10.1 Å². The Morgan fingerprint density at radius 3 is 2.42 bits per heavy atom. The highest BCUT2D eigenvalue weighted by molar-refractivity contribution is 6.52. The van der Waals surface area contributed by atoms with Crippen LogP contribution in [-0.2, 0) is 16.1 Å². The molecule has 1 fully saturated rings. The van der Waals surface area contributed by atoms with E-state index in [1.54, 1.807) is 24.3 Å². The Morgan fingerprint density at radius 1 is 1.37 bits per heavy atom. The van der Waals surface area contributed by atoms with E-state index in [0.717, 1.165) is 5.56 Å². The number of benzene rings is 1. The topological polar surface area (TPSA) is 55.4 Å². The summed E-state index contributed by atoms with van der Waals surface area (Å²) in [6.45, 7) is 0.376. The summed E-state index contributed by atoms with van der Waals surface area (Å²) in [5, 5.41) is 2.76. The van der Waals surface area contributed by atoms with Crippen LogP contribution in [0.4, 0.5) is 0 Å². The number of nitrogens with one attached hydrogen (secondary N) is 1. The van der Waals surface area contributed by atoms with Crippen molar-refractivity contribution in [1.29, 1.82) is 0 Å². The fraction of sp³-hybridized carbons (Fsp3) is 0.385. The summed E-state index contributed by atoms with van der Waals surface area (Å²) in [6.07, 6.45) is 0.489. The highest BCUT2D eigenvalue weighted by atomic mass is 35.5. The molecule has 102 valence electrons. The smallest absolute Gasteiger partial charge is 0.337 e. The first-order valence-corrected chi connectivity index (χ1v) is 6.52. The average molecular weight is 302 g/mol. The number of carbonyl (C=O) groups excluding carboxylic acids is 2. The summed E-state index contributed by atoms with van der Waals surface area (Å²) >= 11 is 11.6. The number of alkyl halides is 2. The Hall–Kier alpha value is -1.26. The molecule has 4 nitrogen and oxygen atoms in total. The molecule has 1 aliphatic rings. The third-order valence-electron chi connectivity index (χ3n) is 2.98. The molecule has 1 aromatic rings. The lowest BCUT2D eigenvalue weighted by molar-refractivity contribution is -0.122. The van der Waals surface area contributed by atoms with Crippen molar-refractivity contribution in [3.63, 3.8) is 0 Å². The molecule has 0 unspecified atom stereocenters. The maximum absolute atomic E-state index is 11.7. The van der Waals surface area contributed by atoms with E-state index in [-0.39, 0.29) is 17.8 Å². The Kier molecular flexibility index (Phi) is 4.02. The average Bonchev–Trinajstić information content (AvgIpc) is 3.05. The minimum Gasteiger partial charge on any atom is -0.465 e. The number of carbonyl (C=O) groups is 2. The molecule has 0 spiro atoms. The number of halogens is 2. The van der Waals surface area contributed by atoms with Crippen LogP contribution in [0.15, 0.2) is 24.3 Å². The van der Waals surface area contributed by atoms with Gasteiger partial charge in [-0.15, -0.1) is 23.2 Å². The van der Waals surface area contributed by atoms with E-state index < -0.39 is 4.33 Å². The third kappa shape index (κ3) is 3.39. The summed E-state index contributed by atoms with van der Waals surface area (Å²) in [5.41, 5.74) is 1.36. The summed E-state index contributed by atoms with van der Waals surface area (Å²) in [5.74, 6) is -0.866. The summed E-state index contributed by atoms with van der Waals surface area (Å²) < 4.78 is 3.70. The van der Waals surface area contributed by atoms with Crippen molar-refractivity contribution in [2.45, 2.75) is 17.3 Å². The molecule has 0 bridgehead atoms. The van der Waals surface area contributed by atoms with Crippen LogP contribution < -0.4 is 5.32 Å². The van der Waals surface area contributed by atoms with Gasteiger partial charge < -0.3 is 10.1 Å². The first-order chi connectivity index (χ1) is 8.94. The predicted octanol–water partition coefficient (Wildman–Crippen LogP) is 2.28. The van der Waals surface area contributed by atoms with Gasteiger partial charge in [0.15, 0.2) is 0 Å². The van der Waals surface area contributed by atoms with Gasteiger partial charge in [0.1, 0.15) is 4.33 Å². The summed E-state index contributed by atoms with van der Waals surface area (Å²) in [7, 11) is 1.33. The van der Waals surface area contributed by atoms with Crippen LogP contribution in [0.1, 0.15) is 22.3 Å². The number of hydrogen-bond acceptors (Lipinski definition) is 3. The minimum atomic E-state index is -0.904. The number of amides is 1. The molecule has 1 N–H and O–H groups in total. The fourth-order valence-corrected chi connectivity index (χ4v) is 2.19. The zero-order valence-electron chi connectivity index (χ0n) is 10.3. The van der Waals surface area contributed by atoms with Gasteiger partial charge in [0.2, 0.25) is 5.91 Å². The predicted molar refractivity (Wildman–Crippen MR) is 72.2 cm³/mol. The van der Waals surface area contributed by atoms with Gasteiger partial charge in [-0.25, -0.2) is 4.79 Å². The standard InChI is InChI=1S/C13H13Cl2NO3/c1-19-12(18)9-4-2-8(3-5-9)7-16-11(17)10-6-13(10,14)15/h2-5,10H,6-7H2,1H3,(H,16,17)/t10-/m1/s1. The zero-order valence-corrected chi connectivity index (χ0v) is 11.8. The van der Waals surface area contributed by atoms with E-state index in [0.29, 0.717) is 18.5 Å². The number of rotatable bonds is 4. The van der Waals surface area contributed by atoms with Gasteiger partial charge in [-0.05, 0) is 24.1 Å². The molecule has 1 aliphatic carbocycles. The Bertz CT molecular complexity index is 499. The van der Waals surface area contributed by atoms with E-state index in [4.69, 9.17) is 23.2 Å². The van der Waals surface area contributed by atoms with Gasteiger partial charge in [0.05, 0.1) is 18.6 Å². The van der Waals surface area contributed by atoms with Crippen LogP contribution in [0.2, 0.25) is 0 Å². The van der Waals surface area contributed by atoms with Gasteiger partial charge in [0, 0.05) is 6.54 Å². The molecule has 1 amide bonds. The molecule has 0 aromatic heterocycles. The Morgan fingerprint density at radius 2 is 1.95 bits per heavy atom. The van der Waals surface area contributed by atoms with Gasteiger partial charge >= 0.3 is 5.97 Å². The first kappa shape index (κ1) is 14.2. The van der Waals surface area contributed by atoms with Gasteiger partial charge in [-0.2, -0.15) is 0 Å². The second-order valence-electron chi connectivity index (χ2n) is 4.42. The van der Waals surface area contributed by atoms with Crippen LogP contribution in [0.25, 0.3) is 0 Å². The molecule has 1 aromatic carbocycles. The zero-order chi connectivity index (χ0) is 14.0. The van der Waals surface area contributed by atoms with Gasteiger partial charge in [0.25, 0.3) is 0 Å². The van der Waals surface area contributed by atoms with E-state index in [1.807, 2.05) is 0 Å². The summed E-state index contributed by atoms with van der Waals surface area (Å²) in [4.78, 5) is 22.9. The second kappa shape index (κ2) is 5.39. The summed E-state index contributed by atoms with van der Waals surface area (Å²) in [6, 6.07) is 6.82. The van der Waals surface area contributed by atoms with Crippen molar-refractivity contribution in [3.05, 3.63) is 35.4 Å². The number of methoxy groups -OCH3 is 1. The quantitative estimate of drug-likeness (QED) is 0.686. The number of ether oxygens (including phenoxy) is 1. The van der Waals surface area contributed by atoms with E-state index >= 15 is 0 Å². The molecule has 1 saturated carbocycles. The van der Waals surface area contributed by atoms with E-state index in [1.165, 1.54) is 7.11 Å². The maximum atomic E-state index is 11.7. The first-order valence-electron chi connectivity index (χ1n) is 5.77. The fourth-order valence-electron chi connectivity index (χ4n) is 1.69. The van der Waals surface area contributed by atoms with Crippen molar-refractivity contribution >= 4 is 35.1 Å². The lowest BCUT2D eigenvalue weighted by atomic mass is 10.1. The molecule has 0 saturated heterocycles. The Labute approximate surface area is 121 Å². The van der Waals surface area contributed by atoms with Crippen molar-refractivity contribution in [3.8, 4) is 0 Å².